The van der Waals surface area contributed by atoms with E-state index in [9.17, 15) is 13.9 Å². The Hall–Kier alpha value is -0.350. The predicted molar refractivity (Wildman–Crippen MR) is 119 cm³/mol. The van der Waals surface area contributed by atoms with Crippen LogP contribution in [0.3, 0.4) is 0 Å². The molecular formula is C24H38F2NO2P. The fourth-order valence-corrected chi connectivity index (χ4v) is 6.80. The highest BCUT2D eigenvalue weighted by molar-refractivity contribution is 7.17. The normalized spacial score (nSPS) is 38.8. The maximum atomic E-state index is 12.9. The van der Waals surface area contributed by atoms with E-state index in [1.54, 1.807) is 5.57 Å². The summed E-state index contributed by atoms with van der Waals surface area (Å²) < 4.78 is 30.6. The van der Waals surface area contributed by atoms with E-state index in [4.69, 9.17) is 4.74 Å². The zero-order chi connectivity index (χ0) is 21.4. The molecule has 1 heterocycles. The number of halogens is 2. The van der Waals surface area contributed by atoms with E-state index in [1.807, 2.05) is 0 Å². The minimum absolute atomic E-state index is 0.148. The molecule has 0 aromatic heterocycles. The molecule has 0 radical (unpaired) electrons. The summed E-state index contributed by atoms with van der Waals surface area (Å²) in [7, 11) is 1.47. The number of alkyl halides is 2. The van der Waals surface area contributed by atoms with Gasteiger partial charge < -0.3 is 9.84 Å². The first-order chi connectivity index (χ1) is 14.2. The Balaban J connectivity index is 1.31. The highest BCUT2D eigenvalue weighted by Crippen LogP contribution is 2.58. The maximum Gasteiger partial charge on any atom is 0.367 e. The van der Waals surface area contributed by atoms with Gasteiger partial charge in [0, 0.05) is 13.1 Å². The number of hydrogen-bond acceptors (Lipinski definition) is 3. The van der Waals surface area contributed by atoms with Crippen molar-refractivity contribution in [2.75, 3.05) is 19.6 Å². The molecule has 3 aliphatic carbocycles. The molecule has 1 saturated heterocycles. The Labute approximate surface area is 182 Å². The van der Waals surface area contributed by atoms with E-state index in [-0.39, 0.29) is 12.2 Å². The van der Waals surface area contributed by atoms with Gasteiger partial charge in [-0.1, -0.05) is 30.2 Å². The third-order valence-electron chi connectivity index (χ3n) is 8.27. The summed E-state index contributed by atoms with van der Waals surface area (Å²) in [6, 6.07) is 0. The van der Waals surface area contributed by atoms with Gasteiger partial charge in [0.15, 0.2) is 0 Å². The van der Waals surface area contributed by atoms with Crippen molar-refractivity contribution in [1.82, 2.24) is 4.90 Å². The van der Waals surface area contributed by atoms with Gasteiger partial charge in [0.05, 0.1) is 12.2 Å². The second-order valence-electron chi connectivity index (χ2n) is 10.4. The number of nitrogens with zero attached hydrogens (tertiary/aromatic N) is 1. The third kappa shape index (κ3) is 5.34. The molecule has 5 atom stereocenters. The fourth-order valence-electron chi connectivity index (χ4n) is 6.61. The van der Waals surface area contributed by atoms with Crippen LogP contribution in [-0.2, 0) is 4.74 Å². The number of allylic oxidation sites excluding steroid dienone is 3. The molecule has 4 aliphatic rings. The Kier molecular flexibility index (Phi) is 7.04. The lowest BCUT2D eigenvalue weighted by atomic mass is 9.63. The summed E-state index contributed by atoms with van der Waals surface area (Å²) in [5, 5.41) is 9.93. The summed E-state index contributed by atoms with van der Waals surface area (Å²) in [6.45, 7) is 4.75. The molecule has 1 N–H and O–H groups in total. The average molecular weight is 442 g/mol. The van der Waals surface area contributed by atoms with Crippen LogP contribution in [0.1, 0.15) is 71.1 Å². The van der Waals surface area contributed by atoms with Gasteiger partial charge in [-0.05, 0) is 97.2 Å². The van der Waals surface area contributed by atoms with Crippen molar-refractivity contribution in [3.63, 3.8) is 0 Å². The van der Waals surface area contributed by atoms with Gasteiger partial charge in [-0.2, -0.15) is 8.78 Å². The molecule has 6 heteroatoms. The number of aliphatic hydroxyl groups excluding tert-OH is 1. The van der Waals surface area contributed by atoms with Crippen LogP contribution in [0, 0.1) is 17.3 Å². The minimum atomic E-state index is -3.10. The molecule has 4 unspecified atom stereocenters. The predicted octanol–water partition coefficient (Wildman–Crippen LogP) is 5.51. The Bertz CT molecular complexity index is 671. The molecule has 0 amide bonds. The number of rotatable bonds is 6. The number of likely N-dealkylation sites (tertiary alicyclic amines) is 1. The standard InChI is InChI=1S/C24H38F2NO2P/c1-23-12-3-5-18(8-7-17-4-2-6-20(28)14-17)22(23)10-9-19(23)11-13-27-15-21(16-27)29-24(25,26)30/h7-8,19-22,28H,2-6,9-16,30H2,1H3/b17-7-,18-8+/t19-,20?,22?,23?/m1/s1. The van der Waals surface area contributed by atoms with Crippen molar-refractivity contribution in [2.45, 2.75) is 89.2 Å². The Morgan fingerprint density at radius 1 is 1.20 bits per heavy atom. The van der Waals surface area contributed by atoms with Crippen molar-refractivity contribution in [2.24, 2.45) is 17.3 Å². The molecule has 30 heavy (non-hydrogen) atoms. The van der Waals surface area contributed by atoms with E-state index in [0.29, 0.717) is 24.4 Å². The highest BCUT2D eigenvalue weighted by atomic mass is 31.0. The van der Waals surface area contributed by atoms with Crippen molar-refractivity contribution in [3.8, 4) is 0 Å². The highest BCUT2D eigenvalue weighted by Gasteiger charge is 2.49. The zero-order valence-electron chi connectivity index (χ0n) is 18.3. The first-order valence-corrected chi connectivity index (χ1v) is 12.4. The smallest absolute Gasteiger partial charge is 0.367 e. The van der Waals surface area contributed by atoms with E-state index < -0.39 is 5.85 Å². The van der Waals surface area contributed by atoms with Crippen molar-refractivity contribution < 1.29 is 18.6 Å². The number of aliphatic hydroxyl groups is 1. The van der Waals surface area contributed by atoms with Crippen LogP contribution >= 0.6 is 9.24 Å². The van der Waals surface area contributed by atoms with Crippen LogP contribution in [0.25, 0.3) is 0 Å². The van der Waals surface area contributed by atoms with Crippen LogP contribution in [0.4, 0.5) is 8.78 Å². The summed E-state index contributed by atoms with van der Waals surface area (Å²) in [4.78, 5) is 2.26. The van der Waals surface area contributed by atoms with Gasteiger partial charge in [0.2, 0.25) is 0 Å². The van der Waals surface area contributed by atoms with Gasteiger partial charge in [0.25, 0.3) is 0 Å². The van der Waals surface area contributed by atoms with Crippen LogP contribution in [0.15, 0.2) is 23.3 Å². The first-order valence-electron chi connectivity index (χ1n) is 11.9. The second-order valence-corrected chi connectivity index (χ2v) is 11.0. The lowest BCUT2D eigenvalue weighted by molar-refractivity contribution is -0.222. The molecule has 3 nitrogen and oxygen atoms in total. The van der Waals surface area contributed by atoms with E-state index in [0.717, 1.165) is 44.6 Å². The Morgan fingerprint density at radius 3 is 2.73 bits per heavy atom. The van der Waals surface area contributed by atoms with Crippen LogP contribution in [0.2, 0.25) is 0 Å². The Morgan fingerprint density at radius 2 is 2.00 bits per heavy atom. The van der Waals surface area contributed by atoms with Gasteiger partial charge in [0.1, 0.15) is 0 Å². The van der Waals surface area contributed by atoms with Gasteiger partial charge in [-0.15, -0.1) is 0 Å². The third-order valence-corrected chi connectivity index (χ3v) is 8.40. The summed E-state index contributed by atoms with van der Waals surface area (Å²) in [5.74, 6) is -1.69. The molecular weight excluding hydrogens is 403 g/mol. The first kappa shape index (κ1) is 22.8. The quantitative estimate of drug-likeness (QED) is 0.552. The average Bonchev–Trinajstić information content (AvgIpc) is 2.97. The molecule has 3 saturated carbocycles. The van der Waals surface area contributed by atoms with Crippen molar-refractivity contribution in [3.05, 3.63) is 23.3 Å². The van der Waals surface area contributed by atoms with Crippen LogP contribution in [0.5, 0.6) is 0 Å². The van der Waals surface area contributed by atoms with Crippen LogP contribution in [-0.4, -0.2) is 47.7 Å². The molecule has 0 spiro atoms. The number of ether oxygens (including phenoxy) is 1. The zero-order valence-corrected chi connectivity index (χ0v) is 19.4. The topological polar surface area (TPSA) is 32.7 Å². The number of fused-ring (bicyclic) bond motifs is 1. The monoisotopic (exact) mass is 441 g/mol. The summed E-state index contributed by atoms with van der Waals surface area (Å²) in [6.07, 6.45) is 15.8. The molecule has 0 aromatic carbocycles. The van der Waals surface area contributed by atoms with Crippen LogP contribution < -0.4 is 0 Å². The van der Waals surface area contributed by atoms with E-state index in [1.165, 1.54) is 46.9 Å². The second kappa shape index (κ2) is 9.25. The molecule has 170 valence electrons. The van der Waals surface area contributed by atoms with Gasteiger partial charge in [-0.3, -0.25) is 4.90 Å². The largest absolute Gasteiger partial charge is 0.393 e. The van der Waals surface area contributed by atoms with E-state index >= 15 is 0 Å². The lowest BCUT2D eigenvalue weighted by Crippen LogP contribution is -2.54. The molecule has 1 aliphatic heterocycles. The lowest BCUT2D eigenvalue weighted by Gasteiger charge is -2.44. The van der Waals surface area contributed by atoms with Gasteiger partial charge >= 0.3 is 5.85 Å². The van der Waals surface area contributed by atoms with Crippen molar-refractivity contribution in [1.29, 1.82) is 0 Å². The summed E-state index contributed by atoms with van der Waals surface area (Å²) >= 11 is 0. The SMILES string of the molecule is CC12CCC/C(=C\C=C3\CCCC(O)C3)C1CC[C@@H]2CCN1CC(OC(F)(F)P)C1. The molecule has 4 fully saturated rings. The molecule has 4 rings (SSSR count). The molecule has 0 bridgehead atoms. The van der Waals surface area contributed by atoms with Crippen molar-refractivity contribution >= 4 is 9.24 Å². The number of hydrogen-bond donors (Lipinski definition) is 1. The molecule has 0 aromatic rings. The summed E-state index contributed by atoms with van der Waals surface area (Å²) in [5.41, 5.74) is 3.41. The van der Waals surface area contributed by atoms with E-state index in [2.05, 4.69) is 24.0 Å². The fraction of sp³-hybridized carbons (Fsp3) is 0.833. The maximum absolute atomic E-state index is 12.9. The minimum Gasteiger partial charge on any atom is -0.393 e. The van der Waals surface area contributed by atoms with Gasteiger partial charge in [-0.25, -0.2) is 0 Å².